The first-order valence-electron chi connectivity index (χ1n) is 4.28. The highest BCUT2D eigenvalue weighted by molar-refractivity contribution is 7.16. The minimum absolute atomic E-state index is 0.801. The third kappa shape index (κ3) is 2.57. The van der Waals surface area contributed by atoms with Crippen molar-refractivity contribution in [1.29, 1.82) is 0 Å². The first-order chi connectivity index (χ1) is 6.84. The van der Waals surface area contributed by atoms with Gasteiger partial charge >= 0.3 is 0 Å². The Morgan fingerprint density at radius 1 is 1.36 bits per heavy atom. The van der Waals surface area contributed by atoms with Crippen LogP contribution in [0.3, 0.4) is 0 Å². The van der Waals surface area contributed by atoms with Crippen LogP contribution in [0.4, 0.5) is 0 Å². The van der Waals surface area contributed by atoms with Crippen molar-refractivity contribution in [1.82, 2.24) is 15.5 Å². The van der Waals surface area contributed by atoms with E-state index >= 15 is 0 Å². The van der Waals surface area contributed by atoms with Gasteiger partial charge in [-0.3, -0.25) is 5.10 Å². The molecule has 0 spiro atoms. The molecule has 0 unspecified atom stereocenters. The van der Waals surface area contributed by atoms with Crippen molar-refractivity contribution in [3.63, 3.8) is 0 Å². The Morgan fingerprint density at radius 2 is 2.29 bits per heavy atom. The van der Waals surface area contributed by atoms with Crippen molar-refractivity contribution in [2.45, 2.75) is 13.1 Å². The fourth-order valence-corrected chi connectivity index (χ4v) is 2.21. The Bertz CT molecular complexity index is 382. The molecule has 2 heterocycles. The highest BCUT2D eigenvalue weighted by Gasteiger charge is 1.97. The zero-order valence-electron chi connectivity index (χ0n) is 7.46. The van der Waals surface area contributed by atoms with Crippen molar-refractivity contribution in [3.8, 4) is 0 Å². The van der Waals surface area contributed by atoms with E-state index in [-0.39, 0.29) is 0 Å². The van der Waals surface area contributed by atoms with E-state index in [1.165, 1.54) is 4.88 Å². The average Bonchev–Trinajstić information content (AvgIpc) is 2.77. The molecule has 2 aromatic heterocycles. The summed E-state index contributed by atoms with van der Waals surface area (Å²) in [6, 6.07) is 5.90. The summed E-state index contributed by atoms with van der Waals surface area (Å²) in [5.74, 6) is 0. The Hall–Kier alpha value is -0.840. The number of nitrogens with one attached hydrogen (secondary N) is 2. The first-order valence-corrected chi connectivity index (χ1v) is 5.47. The summed E-state index contributed by atoms with van der Waals surface area (Å²) in [5.41, 5.74) is 1.09. The van der Waals surface area contributed by atoms with Crippen LogP contribution in [0.2, 0.25) is 4.34 Å². The maximum Gasteiger partial charge on any atom is 0.0931 e. The normalized spacial score (nSPS) is 10.6. The van der Waals surface area contributed by atoms with Crippen LogP contribution in [0.15, 0.2) is 24.4 Å². The lowest BCUT2D eigenvalue weighted by atomic mass is 10.4. The lowest BCUT2D eigenvalue weighted by molar-refractivity contribution is 0.684. The zero-order chi connectivity index (χ0) is 9.80. The van der Waals surface area contributed by atoms with Crippen molar-refractivity contribution >= 4 is 22.9 Å². The van der Waals surface area contributed by atoms with Gasteiger partial charge in [0.2, 0.25) is 0 Å². The number of hydrogen-bond donors (Lipinski definition) is 2. The SMILES string of the molecule is Clc1ccc(CNCc2ccn[nH]2)s1. The van der Waals surface area contributed by atoms with E-state index in [0.717, 1.165) is 23.1 Å². The zero-order valence-corrected chi connectivity index (χ0v) is 9.03. The van der Waals surface area contributed by atoms with E-state index in [9.17, 15) is 0 Å². The van der Waals surface area contributed by atoms with Gasteiger partial charge in [0, 0.05) is 29.9 Å². The second-order valence-corrected chi connectivity index (χ2v) is 4.69. The van der Waals surface area contributed by atoms with Crippen molar-refractivity contribution in [2.24, 2.45) is 0 Å². The third-order valence-corrected chi connectivity index (χ3v) is 3.03. The molecular formula is C9H10ClN3S. The van der Waals surface area contributed by atoms with Gasteiger partial charge in [-0.05, 0) is 18.2 Å². The van der Waals surface area contributed by atoms with Crippen LogP contribution in [0.25, 0.3) is 0 Å². The van der Waals surface area contributed by atoms with Gasteiger partial charge in [0.15, 0.2) is 0 Å². The number of rotatable bonds is 4. The molecule has 14 heavy (non-hydrogen) atoms. The number of aromatic amines is 1. The van der Waals surface area contributed by atoms with Crippen LogP contribution in [0.1, 0.15) is 10.6 Å². The van der Waals surface area contributed by atoms with Gasteiger partial charge in [0.05, 0.1) is 4.34 Å². The number of hydrogen-bond acceptors (Lipinski definition) is 3. The van der Waals surface area contributed by atoms with Crippen LogP contribution < -0.4 is 5.32 Å². The lowest BCUT2D eigenvalue weighted by Gasteiger charge is -1.99. The largest absolute Gasteiger partial charge is 0.306 e. The molecule has 3 nitrogen and oxygen atoms in total. The topological polar surface area (TPSA) is 40.7 Å². The van der Waals surface area contributed by atoms with Crippen molar-refractivity contribution in [2.75, 3.05) is 0 Å². The summed E-state index contributed by atoms with van der Waals surface area (Å²) < 4.78 is 0.836. The fraction of sp³-hybridized carbons (Fsp3) is 0.222. The number of thiophene rings is 1. The molecule has 0 radical (unpaired) electrons. The summed E-state index contributed by atoms with van der Waals surface area (Å²) in [5, 5.41) is 10.1. The van der Waals surface area contributed by atoms with Crippen LogP contribution in [0.5, 0.6) is 0 Å². The molecule has 0 aliphatic rings. The smallest absolute Gasteiger partial charge is 0.0931 e. The molecule has 0 saturated carbocycles. The predicted molar refractivity (Wildman–Crippen MR) is 58.5 cm³/mol. The Labute approximate surface area is 91.1 Å². The van der Waals surface area contributed by atoms with Gasteiger partial charge in [-0.1, -0.05) is 11.6 Å². The van der Waals surface area contributed by atoms with E-state index in [4.69, 9.17) is 11.6 Å². The van der Waals surface area contributed by atoms with Gasteiger partial charge in [-0.25, -0.2) is 0 Å². The molecule has 0 amide bonds. The third-order valence-electron chi connectivity index (χ3n) is 1.80. The second-order valence-electron chi connectivity index (χ2n) is 2.89. The average molecular weight is 228 g/mol. The van der Waals surface area contributed by atoms with Crippen LogP contribution >= 0.6 is 22.9 Å². The standard InChI is InChI=1S/C9H10ClN3S/c10-9-2-1-8(14-9)6-11-5-7-3-4-12-13-7/h1-4,11H,5-6H2,(H,12,13). The van der Waals surface area contributed by atoms with E-state index in [1.807, 2.05) is 18.2 Å². The molecule has 0 aromatic carbocycles. The van der Waals surface area contributed by atoms with Gasteiger partial charge in [0.25, 0.3) is 0 Å². The predicted octanol–water partition coefficient (Wildman–Crippen LogP) is 2.41. The summed E-state index contributed by atoms with van der Waals surface area (Å²) in [4.78, 5) is 1.24. The molecule has 0 fully saturated rings. The van der Waals surface area contributed by atoms with E-state index in [1.54, 1.807) is 17.5 Å². The number of H-pyrrole nitrogens is 1. The molecule has 2 rings (SSSR count). The lowest BCUT2D eigenvalue weighted by Crippen LogP contribution is -2.11. The van der Waals surface area contributed by atoms with E-state index in [2.05, 4.69) is 15.5 Å². The van der Waals surface area contributed by atoms with E-state index < -0.39 is 0 Å². The summed E-state index contributed by atoms with van der Waals surface area (Å²) in [6.07, 6.45) is 1.75. The van der Waals surface area contributed by atoms with Crippen LogP contribution in [-0.2, 0) is 13.1 Å². The first kappa shape index (κ1) is 9.71. The van der Waals surface area contributed by atoms with Gasteiger partial charge in [-0.2, -0.15) is 5.10 Å². The summed E-state index contributed by atoms with van der Waals surface area (Å²) in [7, 11) is 0. The second kappa shape index (κ2) is 4.59. The molecule has 74 valence electrons. The van der Waals surface area contributed by atoms with Crippen molar-refractivity contribution < 1.29 is 0 Å². The number of nitrogens with zero attached hydrogens (tertiary/aromatic N) is 1. The number of halogens is 1. The molecule has 2 N–H and O–H groups in total. The van der Waals surface area contributed by atoms with Gasteiger partial charge in [-0.15, -0.1) is 11.3 Å². The maximum absolute atomic E-state index is 5.81. The highest BCUT2D eigenvalue weighted by atomic mass is 35.5. The minimum atomic E-state index is 0.801. The molecule has 0 atom stereocenters. The molecule has 0 aliphatic carbocycles. The molecular weight excluding hydrogens is 218 g/mol. The Kier molecular flexibility index (Phi) is 3.18. The highest BCUT2D eigenvalue weighted by Crippen LogP contribution is 2.20. The van der Waals surface area contributed by atoms with Crippen LogP contribution in [0, 0.1) is 0 Å². The summed E-state index contributed by atoms with van der Waals surface area (Å²) in [6.45, 7) is 1.64. The van der Waals surface area contributed by atoms with Gasteiger partial charge < -0.3 is 5.32 Å². The van der Waals surface area contributed by atoms with Gasteiger partial charge in [0.1, 0.15) is 0 Å². The molecule has 0 saturated heterocycles. The molecule has 2 aromatic rings. The van der Waals surface area contributed by atoms with E-state index in [0.29, 0.717) is 0 Å². The quantitative estimate of drug-likeness (QED) is 0.842. The Balaban J connectivity index is 1.78. The molecule has 0 aliphatic heterocycles. The fourth-order valence-electron chi connectivity index (χ4n) is 1.15. The Morgan fingerprint density at radius 3 is 2.93 bits per heavy atom. The number of aromatic nitrogens is 2. The monoisotopic (exact) mass is 227 g/mol. The molecule has 5 heteroatoms. The van der Waals surface area contributed by atoms with Crippen LogP contribution in [-0.4, -0.2) is 10.2 Å². The molecule has 0 bridgehead atoms. The maximum atomic E-state index is 5.81. The summed E-state index contributed by atoms with van der Waals surface area (Å²) >= 11 is 7.42. The minimum Gasteiger partial charge on any atom is -0.306 e. The van der Waals surface area contributed by atoms with Crippen molar-refractivity contribution in [3.05, 3.63) is 39.3 Å².